The predicted octanol–water partition coefficient (Wildman–Crippen LogP) is 4.30. The van der Waals surface area contributed by atoms with Crippen molar-refractivity contribution >= 4 is 22.8 Å². The van der Waals surface area contributed by atoms with E-state index in [0.717, 1.165) is 44.1 Å². The van der Waals surface area contributed by atoms with Crippen LogP contribution in [0.1, 0.15) is 75.5 Å². The summed E-state index contributed by atoms with van der Waals surface area (Å²) in [7, 11) is 1.55. The average Bonchev–Trinajstić information content (AvgIpc) is 2.79. The molecule has 1 amide bonds. The largest absolute Gasteiger partial charge is 0.496 e. The lowest BCUT2D eigenvalue weighted by atomic mass is 9.71. The van der Waals surface area contributed by atoms with Crippen LogP contribution >= 0.6 is 0 Å². The number of hydrogen-bond donors (Lipinski definition) is 2. The summed E-state index contributed by atoms with van der Waals surface area (Å²) >= 11 is 0. The molecule has 0 bridgehead atoms. The molecule has 0 radical (unpaired) electrons. The molecular formula is C27H35NO7. The topological polar surface area (TPSA) is 115 Å². The highest BCUT2D eigenvalue weighted by Crippen LogP contribution is 2.43. The zero-order valence-electron chi connectivity index (χ0n) is 21.0. The van der Waals surface area contributed by atoms with E-state index < -0.39 is 17.0 Å². The summed E-state index contributed by atoms with van der Waals surface area (Å²) in [4.78, 5) is 37.3. The number of carboxylic acid groups (broad SMARTS) is 1. The monoisotopic (exact) mass is 485 g/mol. The molecule has 8 heteroatoms. The van der Waals surface area contributed by atoms with Crippen molar-refractivity contribution in [2.24, 2.45) is 5.41 Å². The van der Waals surface area contributed by atoms with Gasteiger partial charge in [-0.25, -0.2) is 4.79 Å². The number of carboxylic acids is 1. The van der Waals surface area contributed by atoms with Crippen LogP contribution < -0.4 is 20.4 Å². The molecule has 190 valence electrons. The predicted molar refractivity (Wildman–Crippen MR) is 131 cm³/mol. The Morgan fingerprint density at radius 3 is 2.54 bits per heavy atom. The Morgan fingerprint density at radius 2 is 1.89 bits per heavy atom. The highest BCUT2D eigenvalue weighted by Gasteiger charge is 2.35. The fourth-order valence-corrected chi connectivity index (χ4v) is 5.60. The van der Waals surface area contributed by atoms with Crippen LogP contribution in [0.3, 0.4) is 0 Å². The molecule has 1 aromatic heterocycles. The Bertz CT molecular complexity index is 1200. The minimum Gasteiger partial charge on any atom is -0.496 e. The van der Waals surface area contributed by atoms with Crippen LogP contribution in [0.5, 0.6) is 11.5 Å². The standard InChI is InChI=1S/C27H35NO7/c1-16-18(12-21(29)28-15-27(14-22(30)31)9-6-5-7-10-27)25(32)34-24-17-8-11-26(2,3)35-19(17)13-20(33-4)23(16)24/h13H,5-12,14-15H2,1-4H3,(H,28,29)(H,30,31). The molecule has 1 aliphatic heterocycles. The number of hydrogen-bond acceptors (Lipinski definition) is 6. The van der Waals surface area contributed by atoms with Gasteiger partial charge in [0.1, 0.15) is 22.7 Å². The van der Waals surface area contributed by atoms with Gasteiger partial charge in [0.05, 0.1) is 30.9 Å². The van der Waals surface area contributed by atoms with E-state index in [1.807, 2.05) is 19.9 Å². The second-order valence-electron chi connectivity index (χ2n) is 10.7. The van der Waals surface area contributed by atoms with Gasteiger partial charge in [-0.15, -0.1) is 0 Å². The van der Waals surface area contributed by atoms with Crippen LogP contribution in [0.25, 0.3) is 11.0 Å². The van der Waals surface area contributed by atoms with Crippen molar-refractivity contribution in [3.63, 3.8) is 0 Å². The summed E-state index contributed by atoms with van der Waals surface area (Å²) in [6.45, 7) is 6.13. The van der Waals surface area contributed by atoms with E-state index in [4.69, 9.17) is 13.9 Å². The van der Waals surface area contributed by atoms with Crippen molar-refractivity contribution < 1.29 is 28.6 Å². The smallest absolute Gasteiger partial charge is 0.340 e. The van der Waals surface area contributed by atoms with Gasteiger partial charge in [0.2, 0.25) is 5.91 Å². The molecule has 0 unspecified atom stereocenters. The van der Waals surface area contributed by atoms with Gasteiger partial charge in [0.25, 0.3) is 0 Å². The molecule has 1 aromatic carbocycles. The molecule has 35 heavy (non-hydrogen) atoms. The number of ether oxygens (including phenoxy) is 2. The minimum atomic E-state index is -0.852. The molecule has 2 N–H and O–H groups in total. The number of fused-ring (bicyclic) bond motifs is 3. The Hall–Kier alpha value is -3.03. The van der Waals surface area contributed by atoms with E-state index in [1.165, 1.54) is 0 Å². The summed E-state index contributed by atoms with van der Waals surface area (Å²) in [5.41, 5.74) is 0.903. The Balaban J connectivity index is 1.62. The summed E-state index contributed by atoms with van der Waals surface area (Å²) in [5, 5.41) is 13.0. The second-order valence-corrected chi connectivity index (χ2v) is 10.7. The molecule has 2 aromatic rings. The van der Waals surface area contributed by atoms with Crippen LogP contribution in [0.15, 0.2) is 15.3 Å². The third-order valence-electron chi connectivity index (χ3n) is 7.60. The van der Waals surface area contributed by atoms with Gasteiger partial charge in [-0.05, 0) is 57.4 Å². The molecule has 0 saturated heterocycles. The quantitative estimate of drug-likeness (QED) is 0.562. The number of aliphatic carboxylic acids is 1. The van der Waals surface area contributed by atoms with E-state index >= 15 is 0 Å². The van der Waals surface area contributed by atoms with Crippen molar-refractivity contribution in [2.45, 2.75) is 84.2 Å². The Morgan fingerprint density at radius 1 is 1.17 bits per heavy atom. The third-order valence-corrected chi connectivity index (χ3v) is 7.60. The van der Waals surface area contributed by atoms with E-state index in [-0.39, 0.29) is 29.9 Å². The Kier molecular flexibility index (Phi) is 6.84. The van der Waals surface area contributed by atoms with Gasteiger partial charge in [-0.1, -0.05) is 19.3 Å². The molecule has 2 aliphatic rings. The molecule has 1 saturated carbocycles. The van der Waals surface area contributed by atoms with E-state index in [0.29, 0.717) is 41.0 Å². The van der Waals surface area contributed by atoms with Crippen molar-refractivity contribution in [2.75, 3.05) is 13.7 Å². The van der Waals surface area contributed by atoms with Gasteiger partial charge in [0.15, 0.2) is 0 Å². The zero-order chi connectivity index (χ0) is 25.4. The number of aryl methyl sites for hydroxylation is 2. The van der Waals surface area contributed by atoms with E-state index in [1.54, 1.807) is 14.0 Å². The molecule has 2 heterocycles. The normalized spacial score (nSPS) is 18.4. The van der Waals surface area contributed by atoms with Gasteiger partial charge in [-0.3, -0.25) is 9.59 Å². The van der Waals surface area contributed by atoms with Crippen LogP contribution in [-0.4, -0.2) is 36.2 Å². The molecule has 0 atom stereocenters. The van der Waals surface area contributed by atoms with Crippen LogP contribution in [0.4, 0.5) is 0 Å². The minimum absolute atomic E-state index is 0.0333. The second kappa shape index (κ2) is 9.55. The number of carbonyl (C=O) groups excluding carboxylic acids is 1. The number of nitrogens with one attached hydrogen (secondary N) is 1. The lowest BCUT2D eigenvalue weighted by molar-refractivity contribution is -0.140. The van der Waals surface area contributed by atoms with Crippen molar-refractivity contribution in [1.29, 1.82) is 0 Å². The summed E-state index contributed by atoms with van der Waals surface area (Å²) in [6, 6.07) is 1.83. The van der Waals surface area contributed by atoms with Crippen molar-refractivity contribution in [1.82, 2.24) is 5.32 Å². The zero-order valence-corrected chi connectivity index (χ0v) is 21.0. The first-order chi connectivity index (χ1) is 16.5. The number of carbonyl (C=O) groups is 2. The summed E-state index contributed by atoms with van der Waals surface area (Å²) in [6.07, 6.45) is 5.94. The molecule has 8 nitrogen and oxygen atoms in total. The van der Waals surface area contributed by atoms with Gasteiger partial charge >= 0.3 is 11.6 Å². The maximum atomic E-state index is 13.0. The molecule has 4 rings (SSSR count). The number of rotatable bonds is 7. The molecule has 1 aliphatic carbocycles. The molecular weight excluding hydrogens is 450 g/mol. The van der Waals surface area contributed by atoms with Crippen molar-refractivity contribution in [3.05, 3.63) is 33.2 Å². The number of methoxy groups -OCH3 is 1. The first-order valence-corrected chi connectivity index (χ1v) is 12.4. The highest BCUT2D eigenvalue weighted by molar-refractivity contribution is 5.93. The summed E-state index contributed by atoms with van der Waals surface area (Å²) in [5.74, 6) is 0.00360. The maximum absolute atomic E-state index is 13.0. The van der Waals surface area contributed by atoms with Crippen molar-refractivity contribution in [3.8, 4) is 11.5 Å². The SMILES string of the molecule is COc1cc2c(c3oc(=O)c(CC(=O)NCC4(CC(=O)O)CCCCC4)c(C)c13)CCC(C)(C)O2. The number of benzene rings is 1. The van der Waals surface area contributed by atoms with Crippen LogP contribution in [0, 0.1) is 12.3 Å². The third kappa shape index (κ3) is 5.16. The Labute approximate surface area is 205 Å². The summed E-state index contributed by atoms with van der Waals surface area (Å²) < 4.78 is 17.5. The first-order valence-electron chi connectivity index (χ1n) is 12.4. The maximum Gasteiger partial charge on any atom is 0.340 e. The fraction of sp³-hybridized carbons (Fsp3) is 0.593. The van der Waals surface area contributed by atoms with Gasteiger partial charge in [-0.2, -0.15) is 0 Å². The first kappa shape index (κ1) is 25.1. The van der Waals surface area contributed by atoms with Crippen LogP contribution in [0.2, 0.25) is 0 Å². The van der Waals surface area contributed by atoms with E-state index in [2.05, 4.69) is 5.32 Å². The lowest BCUT2D eigenvalue weighted by Crippen LogP contribution is -2.41. The number of amides is 1. The van der Waals surface area contributed by atoms with Gasteiger partial charge < -0.3 is 24.3 Å². The lowest BCUT2D eigenvalue weighted by Gasteiger charge is -2.36. The van der Waals surface area contributed by atoms with E-state index in [9.17, 15) is 19.5 Å². The van der Waals surface area contributed by atoms with Crippen LogP contribution in [-0.2, 0) is 22.4 Å². The average molecular weight is 486 g/mol. The molecule has 1 fully saturated rings. The highest BCUT2D eigenvalue weighted by atomic mass is 16.5. The molecule has 0 spiro atoms. The van der Waals surface area contributed by atoms with Gasteiger partial charge in [0, 0.05) is 18.2 Å². The fourth-order valence-electron chi connectivity index (χ4n) is 5.60.